The number of hydrogen-bond acceptors (Lipinski definition) is 2. The third-order valence-electron chi connectivity index (χ3n) is 4.19. The van der Waals surface area contributed by atoms with Gasteiger partial charge in [0.15, 0.2) is 0 Å². The molecule has 20 heavy (non-hydrogen) atoms. The lowest BCUT2D eigenvalue weighted by molar-refractivity contribution is 0.0190. The van der Waals surface area contributed by atoms with Crippen molar-refractivity contribution in [3.8, 4) is 5.75 Å². The van der Waals surface area contributed by atoms with Crippen molar-refractivity contribution in [2.75, 3.05) is 7.11 Å². The molecule has 0 heterocycles. The Hall–Kier alpha value is -1.80. The molecule has 0 saturated heterocycles. The van der Waals surface area contributed by atoms with E-state index >= 15 is 0 Å². The Morgan fingerprint density at radius 1 is 1.15 bits per heavy atom. The summed E-state index contributed by atoms with van der Waals surface area (Å²) >= 11 is 0. The monoisotopic (exact) mass is 268 g/mol. The highest BCUT2D eigenvalue weighted by atomic mass is 16.5. The van der Waals surface area contributed by atoms with E-state index < -0.39 is 5.60 Å². The minimum atomic E-state index is -0.749. The van der Waals surface area contributed by atoms with Crippen LogP contribution in [-0.2, 0) is 18.4 Å². The Bertz CT molecular complexity index is 592. The molecule has 104 valence electrons. The van der Waals surface area contributed by atoms with E-state index in [4.69, 9.17) is 4.74 Å². The van der Waals surface area contributed by atoms with E-state index in [1.807, 2.05) is 30.3 Å². The Kier molecular flexibility index (Phi) is 3.49. The fourth-order valence-corrected chi connectivity index (χ4v) is 3.18. The molecule has 1 N–H and O–H groups in total. The molecule has 0 bridgehead atoms. The number of fused-ring (bicyclic) bond motifs is 1. The predicted octanol–water partition coefficient (Wildman–Crippen LogP) is 3.46. The molecular formula is C18H20O2. The summed E-state index contributed by atoms with van der Waals surface area (Å²) in [6.07, 6.45) is 3.53. The Morgan fingerprint density at radius 3 is 2.70 bits per heavy atom. The van der Waals surface area contributed by atoms with Crippen molar-refractivity contribution < 1.29 is 9.84 Å². The maximum atomic E-state index is 11.1. The van der Waals surface area contributed by atoms with Gasteiger partial charge in [-0.05, 0) is 48.1 Å². The number of aliphatic hydroxyl groups is 1. The zero-order valence-electron chi connectivity index (χ0n) is 11.8. The van der Waals surface area contributed by atoms with Crippen molar-refractivity contribution in [3.05, 3.63) is 65.2 Å². The van der Waals surface area contributed by atoms with Crippen LogP contribution in [0.1, 0.15) is 29.5 Å². The lowest BCUT2D eigenvalue weighted by Gasteiger charge is -2.35. The Balaban J connectivity index is 1.96. The average Bonchev–Trinajstić information content (AvgIpc) is 2.48. The van der Waals surface area contributed by atoms with E-state index in [1.165, 1.54) is 11.1 Å². The van der Waals surface area contributed by atoms with Crippen LogP contribution in [0.15, 0.2) is 48.5 Å². The van der Waals surface area contributed by atoms with Gasteiger partial charge in [0.05, 0.1) is 12.7 Å². The van der Waals surface area contributed by atoms with Crippen LogP contribution in [0.2, 0.25) is 0 Å². The fraction of sp³-hybridized carbons (Fsp3) is 0.333. The summed E-state index contributed by atoms with van der Waals surface area (Å²) in [6.45, 7) is 0. The van der Waals surface area contributed by atoms with Gasteiger partial charge in [-0.1, -0.05) is 36.4 Å². The maximum Gasteiger partial charge on any atom is 0.119 e. The lowest BCUT2D eigenvalue weighted by atomic mass is 9.76. The van der Waals surface area contributed by atoms with Crippen LogP contribution in [0.5, 0.6) is 5.75 Å². The van der Waals surface area contributed by atoms with E-state index in [2.05, 4.69) is 18.2 Å². The predicted molar refractivity (Wildman–Crippen MR) is 80.0 cm³/mol. The van der Waals surface area contributed by atoms with Gasteiger partial charge >= 0.3 is 0 Å². The molecule has 1 atom stereocenters. The first-order valence-electron chi connectivity index (χ1n) is 7.15. The first-order chi connectivity index (χ1) is 9.71. The molecule has 2 nitrogen and oxygen atoms in total. The second kappa shape index (κ2) is 5.29. The maximum absolute atomic E-state index is 11.1. The number of benzene rings is 2. The highest BCUT2D eigenvalue weighted by molar-refractivity contribution is 5.41. The highest BCUT2D eigenvalue weighted by Gasteiger charge is 2.34. The van der Waals surface area contributed by atoms with Gasteiger partial charge in [-0.2, -0.15) is 0 Å². The summed E-state index contributed by atoms with van der Waals surface area (Å²) in [4.78, 5) is 0. The molecule has 2 aromatic rings. The molecule has 1 aliphatic rings. The summed E-state index contributed by atoms with van der Waals surface area (Å²) < 4.78 is 5.29. The molecule has 0 radical (unpaired) electrons. The fourth-order valence-electron chi connectivity index (χ4n) is 3.18. The van der Waals surface area contributed by atoms with Gasteiger partial charge in [-0.15, -0.1) is 0 Å². The van der Waals surface area contributed by atoms with Crippen LogP contribution in [0.3, 0.4) is 0 Å². The van der Waals surface area contributed by atoms with Gasteiger partial charge in [0, 0.05) is 6.42 Å². The molecule has 2 aromatic carbocycles. The van der Waals surface area contributed by atoms with Crippen LogP contribution in [0, 0.1) is 0 Å². The molecule has 0 unspecified atom stereocenters. The summed E-state index contributed by atoms with van der Waals surface area (Å²) in [5.74, 6) is 0.868. The van der Waals surface area contributed by atoms with Gasteiger partial charge in [-0.25, -0.2) is 0 Å². The van der Waals surface area contributed by atoms with Gasteiger partial charge in [0.25, 0.3) is 0 Å². The van der Waals surface area contributed by atoms with Crippen LogP contribution in [0.4, 0.5) is 0 Å². The standard InChI is InChI=1S/C18H20O2/c1-20-16-9-10-17-15(12-16)8-5-11-18(17,19)13-14-6-3-2-4-7-14/h2-4,6-7,9-10,12,19H,5,8,11,13H2,1H3/t18-/m0/s1. The second-order valence-corrected chi connectivity index (χ2v) is 5.57. The number of aryl methyl sites for hydroxylation is 1. The Labute approximate surface area is 120 Å². The first-order valence-corrected chi connectivity index (χ1v) is 7.15. The van der Waals surface area contributed by atoms with Crippen LogP contribution >= 0.6 is 0 Å². The average molecular weight is 268 g/mol. The SMILES string of the molecule is COc1ccc2c(c1)CCC[C@]2(O)Cc1ccccc1. The number of rotatable bonds is 3. The van der Waals surface area contributed by atoms with Crippen molar-refractivity contribution in [1.82, 2.24) is 0 Å². The van der Waals surface area contributed by atoms with Crippen molar-refractivity contribution >= 4 is 0 Å². The molecule has 2 heteroatoms. The van der Waals surface area contributed by atoms with Crippen LogP contribution in [0.25, 0.3) is 0 Å². The van der Waals surface area contributed by atoms with Crippen molar-refractivity contribution in [1.29, 1.82) is 0 Å². The van der Waals surface area contributed by atoms with Crippen LogP contribution < -0.4 is 4.74 Å². The minimum absolute atomic E-state index is 0.674. The summed E-state index contributed by atoms with van der Waals surface area (Å²) in [5.41, 5.74) is 2.71. The highest BCUT2D eigenvalue weighted by Crippen LogP contribution is 2.39. The van der Waals surface area contributed by atoms with Crippen molar-refractivity contribution in [3.63, 3.8) is 0 Å². The number of ether oxygens (including phenoxy) is 1. The molecule has 0 aromatic heterocycles. The third kappa shape index (κ3) is 2.44. The van der Waals surface area contributed by atoms with E-state index in [1.54, 1.807) is 7.11 Å². The number of methoxy groups -OCH3 is 1. The smallest absolute Gasteiger partial charge is 0.119 e. The van der Waals surface area contributed by atoms with E-state index in [0.717, 1.165) is 30.6 Å². The minimum Gasteiger partial charge on any atom is -0.497 e. The van der Waals surface area contributed by atoms with Crippen LogP contribution in [-0.4, -0.2) is 12.2 Å². The van der Waals surface area contributed by atoms with Gasteiger partial charge in [-0.3, -0.25) is 0 Å². The zero-order valence-corrected chi connectivity index (χ0v) is 11.8. The summed E-state index contributed by atoms with van der Waals surface area (Å²) in [7, 11) is 1.68. The second-order valence-electron chi connectivity index (χ2n) is 5.57. The van der Waals surface area contributed by atoms with Crippen molar-refractivity contribution in [2.45, 2.75) is 31.3 Å². The summed E-state index contributed by atoms with van der Waals surface area (Å²) in [5, 5.41) is 11.1. The summed E-state index contributed by atoms with van der Waals surface area (Å²) in [6, 6.07) is 16.2. The molecule has 0 amide bonds. The topological polar surface area (TPSA) is 29.5 Å². The molecule has 0 saturated carbocycles. The van der Waals surface area contributed by atoms with E-state index in [-0.39, 0.29) is 0 Å². The Morgan fingerprint density at radius 2 is 1.95 bits per heavy atom. The van der Waals surface area contributed by atoms with E-state index in [0.29, 0.717) is 6.42 Å². The molecule has 0 fully saturated rings. The van der Waals surface area contributed by atoms with Gasteiger partial charge in [0.2, 0.25) is 0 Å². The quantitative estimate of drug-likeness (QED) is 0.923. The van der Waals surface area contributed by atoms with Gasteiger partial charge in [0.1, 0.15) is 5.75 Å². The molecule has 0 aliphatic heterocycles. The van der Waals surface area contributed by atoms with Gasteiger partial charge < -0.3 is 9.84 Å². The number of hydrogen-bond donors (Lipinski definition) is 1. The zero-order chi connectivity index (χ0) is 14.0. The largest absolute Gasteiger partial charge is 0.497 e. The van der Waals surface area contributed by atoms with E-state index in [9.17, 15) is 5.11 Å². The molecular weight excluding hydrogens is 248 g/mol. The molecule has 3 rings (SSSR count). The lowest BCUT2D eigenvalue weighted by Crippen LogP contribution is -2.33. The first kappa shape index (κ1) is 13.2. The third-order valence-corrected chi connectivity index (χ3v) is 4.19. The normalized spacial score (nSPS) is 21.3. The molecule has 0 spiro atoms. The molecule has 1 aliphatic carbocycles. The van der Waals surface area contributed by atoms with Crippen molar-refractivity contribution in [2.24, 2.45) is 0 Å².